The van der Waals surface area contributed by atoms with Gasteiger partial charge in [-0.05, 0) is 114 Å². The van der Waals surface area contributed by atoms with Crippen LogP contribution in [0.25, 0.3) is 44.2 Å². The second-order valence-corrected chi connectivity index (χ2v) is 16.1. The van der Waals surface area contributed by atoms with Crippen LogP contribution >= 0.6 is 0 Å². The number of fused-ring (bicyclic) bond motifs is 8. The first-order chi connectivity index (χ1) is 28.0. The van der Waals surface area contributed by atoms with Gasteiger partial charge in [-0.1, -0.05) is 190 Å². The molecule has 0 saturated carbocycles. The van der Waals surface area contributed by atoms with Crippen LogP contribution in [-0.2, 0) is 10.8 Å². The van der Waals surface area contributed by atoms with E-state index in [2.05, 4.69) is 231 Å². The Morgan fingerprint density at radius 1 is 0.351 bits per heavy atom. The lowest BCUT2D eigenvalue weighted by Gasteiger charge is -2.35. The van der Waals surface area contributed by atoms with Gasteiger partial charge in [-0.2, -0.15) is 0 Å². The Morgan fingerprint density at radius 3 is 1.51 bits per heavy atom. The maximum Gasteiger partial charge on any atom is 0.0714 e. The summed E-state index contributed by atoms with van der Waals surface area (Å²) in [4.78, 5) is 2.46. The summed E-state index contributed by atoms with van der Waals surface area (Å²) in [6, 6.07) is 78.7. The second kappa shape index (κ2) is 12.8. The van der Waals surface area contributed by atoms with E-state index >= 15 is 0 Å². The Bertz CT molecular complexity index is 2920. The molecule has 57 heavy (non-hydrogen) atoms. The number of hydrogen-bond donors (Lipinski definition) is 0. The van der Waals surface area contributed by atoms with Crippen LogP contribution < -0.4 is 4.90 Å². The van der Waals surface area contributed by atoms with E-state index in [1.54, 1.807) is 0 Å². The Hall–Kier alpha value is -6.96. The van der Waals surface area contributed by atoms with Crippen molar-refractivity contribution in [3.8, 4) is 33.4 Å². The highest BCUT2D eigenvalue weighted by Gasteiger charge is 2.46. The standard InChI is InChI=1S/C56H41N/c1-55(2)51-24-14-12-23-47(51)49-34-29-40-28-32-44(36-50(40)54(49)55)57(43-30-26-39(27-31-43)38-16-6-3-7-17-38)45-33-35-48-46-22-13-15-25-52(46)56(53(48)37-45,41-18-8-4-9-19-41)42-20-10-5-11-21-42/h3-37H,1-2H3. The average molecular weight is 728 g/mol. The molecule has 2 aliphatic rings. The van der Waals surface area contributed by atoms with E-state index in [9.17, 15) is 0 Å². The summed E-state index contributed by atoms with van der Waals surface area (Å²) in [5.74, 6) is 0. The Kier molecular flexibility index (Phi) is 7.50. The van der Waals surface area contributed by atoms with E-state index in [0.29, 0.717) is 0 Å². The molecule has 0 N–H and O–H groups in total. The quantitative estimate of drug-likeness (QED) is 0.165. The molecule has 270 valence electrons. The van der Waals surface area contributed by atoms with Gasteiger partial charge in [0.05, 0.1) is 5.41 Å². The van der Waals surface area contributed by atoms with Crippen LogP contribution in [0.2, 0.25) is 0 Å². The van der Waals surface area contributed by atoms with E-state index in [1.807, 2.05) is 0 Å². The Balaban J connectivity index is 1.16. The molecule has 1 nitrogen and oxygen atoms in total. The fourth-order valence-corrected chi connectivity index (χ4v) is 10.2. The average Bonchev–Trinajstić information content (AvgIpc) is 3.70. The number of hydrogen-bond acceptors (Lipinski definition) is 1. The Labute approximate surface area is 335 Å². The highest BCUT2D eigenvalue weighted by atomic mass is 15.1. The summed E-state index contributed by atoms with van der Waals surface area (Å²) in [5, 5.41) is 2.56. The van der Waals surface area contributed by atoms with Gasteiger partial charge in [0.15, 0.2) is 0 Å². The van der Waals surface area contributed by atoms with Crippen LogP contribution in [0, 0.1) is 0 Å². The van der Waals surface area contributed by atoms with Crippen molar-refractivity contribution in [2.45, 2.75) is 24.7 Å². The van der Waals surface area contributed by atoms with E-state index in [4.69, 9.17) is 0 Å². The fraction of sp³-hybridized carbons (Fsp3) is 0.0714. The number of nitrogens with zero attached hydrogens (tertiary/aromatic N) is 1. The van der Waals surface area contributed by atoms with Crippen molar-refractivity contribution >= 4 is 27.8 Å². The molecule has 0 spiro atoms. The molecule has 0 radical (unpaired) electrons. The molecule has 0 aliphatic heterocycles. The van der Waals surface area contributed by atoms with Crippen molar-refractivity contribution < 1.29 is 0 Å². The van der Waals surface area contributed by atoms with Gasteiger partial charge in [-0.3, -0.25) is 0 Å². The van der Waals surface area contributed by atoms with Crippen molar-refractivity contribution in [2.24, 2.45) is 0 Å². The molecule has 1 heteroatoms. The first-order valence-electron chi connectivity index (χ1n) is 20.0. The summed E-state index contributed by atoms with van der Waals surface area (Å²) in [7, 11) is 0. The van der Waals surface area contributed by atoms with Gasteiger partial charge in [-0.25, -0.2) is 0 Å². The van der Waals surface area contributed by atoms with Gasteiger partial charge in [0.25, 0.3) is 0 Å². The third-order valence-electron chi connectivity index (χ3n) is 12.7. The molecule has 0 saturated heterocycles. The summed E-state index contributed by atoms with van der Waals surface area (Å²) in [5.41, 5.74) is 18.3. The van der Waals surface area contributed by atoms with Crippen LogP contribution in [0.3, 0.4) is 0 Å². The lowest BCUT2D eigenvalue weighted by atomic mass is 9.67. The van der Waals surface area contributed by atoms with E-state index in [-0.39, 0.29) is 5.41 Å². The van der Waals surface area contributed by atoms with Gasteiger partial charge in [0.2, 0.25) is 0 Å². The number of rotatable bonds is 6. The topological polar surface area (TPSA) is 3.24 Å². The van der Waals surface area contributed by atoms with E-state index in [1.165, 1.54) is 77.5 Å². The smallest absolute Gasteiger partial charge is 0.0714 e. The molecule has 9 aromatic carbocycles. The van der Waals surface area contributed by atoms with Crippen molar-refractivity contribution in [1.82, 2.24) is 0 Å². The van der Waals surface area contributed by atoms with E-state index < -0.39 is 5.41 Å². The molecule has 0 heterocycles. The van der Waals surface area contributed by atoms with Crippen molar-refractivity contribution in [3.63, 3.8) is 0 Å². The molecular formula is C56H41N. The third kappa shape index (κ3) is 4.95. The van der Waals surface area contributed by atoms with Gasteiger partial charge in [0, 0.05) is 22.5 Å². The highest BCUT2D eigenvalue weighted by molar-refractivity contribution is 6.00. The zero-order chi connectivity index (χ0) is 38.1. The van der Waals surface area contributed by atoms with Gasteiger partial charge < -0.3 is 4.90 Å². The summed E-state index contributed by atoms with van der Waals surface area (Å²) < 4.78 is 0. The largest absolute Gasteiger partial charge is 0.310 e. The molecule has 0 bridgehead atoms. The molecule has 0 atom stereocenters. The van der Waals surface area contributed by atoms with Crippen molar-refractivity contribution in [1.29, 1.82) is 0 Å². The molecule has 2 aliphatic carbocycles. The maximum atomic E-state index is 2.47. The molecule has 0 amide bonds. The lowest BCUT2D eigenvalue weighted by Crippen LogP contribution is -2.28. The second-order valence-electron chi connectivity index (χ2n) is 16.1. The molecule has 9 aromatic rings. The summed E-state index contributed by atoms with van der Waals surface area (Å²) >= 11 is 0. The minimum atomic E-state index is -0.493. The van der Waals surface area contributed by atoms with E-state index in [0.717, 1.165) is 17.1 Å². The molecule has 0 unspecified atom stereocenters. The molecule has 0 aromatic heterocycles. The third-order valence-corrected chi connectivity index (χ3v) is 12.7. The van der Waals surface area contributed by atoms with Gasteiger partial charge >= 0.3 is 0 Å². The predicted molar refractivity (Wildman–Crippen MR) is 239 cm³/mol. The SMILES string of the molecule is CC1(C)c2ccccc2-c2ccc3ccc(N(c4ccc(-c5ccccc5)cc4)c4ccc5c(c4)C(c4ccccc4)(c4ccccc4)c4ccccc4-5)cc3c21. The van der Waals surface area contributed by atoms with Crippen LogP contribution in [0.1, 0.15) is 47.2 Å². The summed E-state index contributed by atoms with van der Waals surface area (Å²) in [6.45, 7) is 4.77. The van der Waals surface area contributed by atoms with Gasteiger partial charge in [-0.15, -0.1) is 0 Å². The lowest BCUT2D eigenvalue weighted by molar-refractivity contribution is 0.666. The van der Waals surface area contributed by atoms with Crippen LogP contribution in [0.5, 0.6) is 0 Å². The van der Waals surface area contributed by atoms with Gasteiger partial charge in [0.1, 0.15) is 0 Å². The minimum absolute atomic E-state index is 0.128. The number of anilines is 3. The van der Waals surface area contributed by atoms with Crippen molar-refractivity contribution in [3.05, 3.63) is 246 Å². The predicted octanol–water partition coefficient (Wildman–Crippen LogP) is 14.6. The Morgan fingerprint density at radius 2 is 0.825 bits per heavy atom. The molecular weight excluding hydrogens is 687 g/mol. The maximum absolute atomic E-state index is 2.47. The first-order valence-corrected chi connectivity index (χ1v) is 20.0. The normalized spacial score (nSPS) is 14.1. The fourth-order valence-electron chi connectivity index (χ4n) is 10.2. The minimum Gasteiger partial charge on any atom is -0.310 e. The van der Waals surface area contributed by atoms with Crippen LogP contribution in [0.4, 0.5) is 17.1 Å². The molecule has 11 rings (SSSR count). The zero-order valence-corrected chi connectivity index (χ0v) is 32.2. The van der Waals surface area contributed by atoms with Crippen LogP contribution in [-0.4, -0.2) is 0 Å². The first kappa shape index (κ1) is 33.4. The molecule has 0 fully saturated rings. The van der Waals surface area contributed by atoms with Crippen molar-refractivity contribution in [2.75, 3.05) is 4.90 Å². The highest BCUT2D eigenvalue weighted by Crippen LogP contribution is 2.58. The monoisotopic (exact) mass is 727 g/mol. The summed E-state index contributed by atoms with van der Waals surface area (Å²) in [6.07, 6.45) is 0. The zero-order valence-electron chi connectivity index (χ0n) is 32.2. The number of benzene rings is 9. The van der Waals surface area contributed by atoms with Crippen LogP contribution in [0.15, 0.2) is 212 Å².